The lowest BCUT2D eigenvalue weighted by Crippen LogP contribution is -2.07. The summed E-state index contributed by atoms with van der Waals surface area (Å²) in [7, 11) is 1.68. The van der Waals surface area contributed by atoms with Gasteiger partial charge in [0.2, 0.25) is 0 Å². The Bertz CT molecular complexity index is 289. The van der Waals surface area contributed by atoms with Crippen molar-refractivity contribution in [2.24, 2.45) is 0 Å². The van der Waals surface area contributed by atoms with Gasteiger partial charge in [0.1, 0.15) is 16.7 Å². The van der Waals surface area contributed by atoms with Crippen LogP contribution in [0, 0.1) is 11.6 Å². The van der Waals surface area contributed by atoms with Gasteiger partial charge in [-0.1, -0.05) is 17.7 Å². The Balaban J connectivity index is 3.08. The Hall–Kier alpha value is -0.670. The molecule has 1 N–H and O–H groups in total. The summed E-state index contributed by atoms with van der Waals surface area (Å²) in [4.78, 5) is 0. The lowest BCUT2D eigenvalue weighted by molar-refractivity contribution is 0.568. The first-order chi connectivity index (χ1) is 5.66. The van der Waals surface area contributed by atoms with Crippen LogP contribution in [0.2, 0.25) is 5.02 Å². The van der Waals surface area contributed by atoms with Crippen LogP contribution in [0.1, 0.15) is 5.56 Å². The quantitative estimate of drug-likeness (QED) is 0.708. The standard InChI is InChI=1S/C8H8ClF2N/c1-12-4-5-2-3-6(10)7(9)8(5)11/h2-3,12H,4H2,1H3. The minimum atomic E-state index is -0.728. The molecule has 0 aliphatic heterocycles. The summed E-state index contributed by atoms with van der Waals surface area (Å²) < 4.78 is 25.6. The van der Waals surface area contributed by atoms with Gasteiger partial charge in [0, 0.05) is 12.1 Å². The van der Waals surface area contributed by atoms with Crippen molar-refractivity contribution in [3.8, 4) is 0 Å². The number of benzene rings is 1. The molecule has 0 aromatic heterocycles. The lowest BCUT2D eigenvalue weighted by Gasteiger charge is -2.03. The average molecular weight is 192 g/mol. The van der Waals surface area contributed by atoms with E-state index in [2.05, 4.69) is 5.32 Å². The maximum Gasteiger partial charge on any atom is 0.149 e. The van der Waals surface area contributed by atoms with E-state index in [1.165, 1.54) is 6.07 Å². The largest absolute Gasteiger partial charge is 0.316 e. The van der Waals surface area contributed by atoms with Gasteiger partial charge in [-0.15, -0.1) is 0 Å². The summed E-state index contributed by atoms with van der Waals surface area (Å²) >= 11 is 5.34. The molecule has 0 aliphatic carbocycles. The predicted octanol–water partition coefficient (Wildman–Crippen LogP) is 2.34. The summed E-state index contributed by atoms with van der Waals surface area (Å²) in [6, 6.07) is 2.52. The molecule has 0 fully saturated rings. The molecule has 0 bridgehead atoms. The Morgan fingerprint density at radius 2 is 2.08 bits per heavy atom. The zero-order chi connectivity index (χ0) is 9.14. The summed E-state index contributed by atoms with van der Waals surface area (Å²) in [6.07, 6.45) is 0. The minimum Gasteiger partial charge on any atom is -0.316 e. The fourth-order valence-electron chi connectivity index (χ4n) is 0.893. The third-order valence-electron chi connectivity index (χ3n) is 1.48. The summed E-state index contributed by atoms with van der Waals surface area (Å²) in [5.41, 5.74) is 0.365. The molecule has 0 atom stereocenters. The monoisotopic (exact) mass is 191 g/mol. The molecule has 0 unspecified atom stereocenters. The predicted molar refractivity (Wildman–Crippen MR) is 44.1 cm³/mol. The second kappa shape index (κ2) is 3.83. The molecule has 0 spiro atoms. The van der Waals surface area contributed by atoms with Crippen molar-refractivity contribution in [1.82, 2.24) is 5.32 Å². The van der Waals surface area contributed by atoms with Gasteiger partial charge < -0.3 is 5.32 Å². The number of hydrogen-bond donors (Lipinski definition) is 1. The number of hydrogen-bond acceptors (Lipinski definition) is 1. The van der Waals surface area contributed by atoms with E-state index >= 15 is 0 Å². The summed E-state index contributed by atoms with van der Waals surface area (Å²) in [5, 5.41) is 2.31. The van der Waals surface area contributed by atoms with Crippen LogP contribution in [0.5, 0.6) is 0 Å². The molecule has 0 saturated heterocycles. The Labute approximate surface area is 74.3 Å². The van der Waals surface area contributed by atoms with E-state index in [1.54, 1.807) is 7.05 Å². The lowest BCUT2D eigenvalue weighted by atomic mass is 10.2. The van der Waals surface area contributed by atoms with E-state index in [0.717, 1.165) is 6.07 Å². The van der Waals surface area contributed by atoms with Gasteiger partial charge in [0.25, 0.3) is 0 Å². The van der Waals surface area contributed by atoms with E-state index in [1.807, 2.05) is 0 Å². The highest BCUT2D eigenvalue weighted by Gasteiger charge is 2.09. The Kier molecular flexibility index (Phi) is 3.00. The molecule has 0 saturated carbocycles. The summed E-state index contributed by atoms with van der Waals surface area (Å²) in [6.45, 7) is 0.339. The minimum absolute atomic E-state index is 0.339. The van der Waals surface area contributed by atoms with Gasteiger partial charge in [-0.25, -0.2) is 8.78 Å². The van der Waals surface area contributed by atoms with Gasteiger partial charge >= 0.3 is 0 Å². The van der Waals surface area contributed by atoms with Crippen LogP contribution in [-0.2, 0) is 6.54 Å². The Morgan fingerprint density at radius 1 is 1.42 bits per heavy atom. The molecule has 1 nitrogen and oxygen atoms in total. The molecular formula is C8H8ClF2N. The highest BCUT2D eigenvalue weighted by Crippen LogP contribution is 2.21. The first-order valence-corrected chi connectivity index (χ1v) is 3.81. The highest BCUT2D eigenvalue weighted by molar-refractivity contribution is 6.30. The van der Waals surface area contributed by atoms with Crippen molar-refractivity contribution in [2.45, 2.75) is 6.54 Å². The van der Waals surface area contributed by atoms with Crippen molar-refractivity contribution in [3.05, 3.63) is 34.4 Å². The van der Waals surface area contributed by atoms with E-state index < -0.39 is 16.7 Å². The smallest absolute Gasteiger partial charge is 0.149 e. The molecule has 0 heterocycles. The number of nitrogens with one attached hydrogen (secondary N) is 1. The van der Waals surface area contributed by atoms with Crippen molar-refractivity contribution in [2.75, 3.05) is 7.05 Å². The molecule has 12 heavy (non-hydrogen) atoms. The fraction of sp³-hybridized carbons (Fsp3) is 0.250. The van der Waals surface area contributed by atoms with Crippen LogP contribution < -0.4 is 5.32 Å². The van der Waals surface area contributed by atoms with Gasteiger partial charge in [-0.05, 0) is 13.1 Å². The first-order valence-electron chi connectivity index (χ1n) is 3.43. The zero-order valence-corrected chi connectivity index (χ0v) is 7.25. The number of halogens is 3. The maximum atomic E-state index is 13.0. The van der Waals surface area contributed by atoms with Gasteiger partial charge in [-0.3, -0.25) is 0 Å². The van der Waals surface area contributed by atoms with Crippen LogP contribution in [0.15, 0.2) is 12.1 Å². The topological polar surface area (TPSA) is 12.0 Å². The number of rotatable bonds is 2. The molecule has 1 aromatic carbocycles. The molecule has 1 aromatic rings. The van der Waals surface area contributed by atoms with E-state index in [9.17, 15) is 8.78 Å². The van der Waals surface area contributed by atoms with Gasteiger partial charge in [0.15, 0.2) is 0 Å². The van der Waals surface area contributed by atoms with Crippen LogP contribution >= 0.6 is 11.6 Å². The molecule has 66 valence electrons. The zero-order valence-electron chi connectivity index (χ0n) is 6.50. The molecule has 0 amide bonds. The van der Waals surface area contributed by atoms with Crippen molar-refractivity contribution < 1.29 is 8.78 Å². The second-order valence-electron chi connectivity index (χ2n) is 2.36. The van der Waals surface area contributed by atoms with E-state index in [4.69, 9.17) is 11.6 Å². The fourth-order valence-corrected chi connectivity index (χ4v) is 1.08. The van der Waals surface area contributed by atoms with Crippen molar-refractivity contribution in [1.29, 1.82) is 0 Å². The second-order valence-corrected chi connectivity index (χ2v) is 2.74. The third kappa shape index (κ3) is 1.73. The normalized spacial score (nSPS) is 10.3. The molecular weight excluding hydrogens is 184 g/mol. The maximum absolute atomic E-state index is 13.0. The SMILES string of the molecule is CNCc1ccc(F)c(Cl)c1F. The van der Waals surface area contributed by atoms with Crippen LogP contribution in [0.25, 0.3) is 0 Å². The molecule has 4 heteroatoms. The van der Waals surface area contributed by atoms with Gasteiger partial charge in [0.05, 0.1) is 0 Å². The Morgan fingerprint density at radius 3 is 2.67 bits per heavy atom. The highest BCUT2D eigenvalue weighted by atomic mass is 35.5. The molecule has 0 radical (unpaired) electrons. The van der Waals surface area contributed by atoms with Crippen LogP contribution in [0.4, 0.5) is 8.78 Å². The van der Waals surface area contributed by atoms with Crippen molar-refractivity contribution in [3.63, 3.8) is 0 Å². The van der Waals surface area contributed by atoms with Crippen molar-refractivity contribution >= 4 is 11.6 Å². The molecule has 1 rings (SSSR count). The third-order valence-corrected chi connectivity index (χ3v) is 1.83. The first kappa shape index (κ1) is 9.42. The summed E-state index contributed by atoms with van der Waals surface area (Å²) in [5.74, 6) is -1.42. The van der Waals surface area contributed by atoms with E-state index in [-0.39, 0.29) is 0 Å². The van der Waals surface area contributed by atoms with Gasteiger partial charge in [-0.2, -0.15) is 0 Å². The van der Waals surface area contributed by atoms with Crippen LogP contribution in [-0.4, -0.2) is 7.05 Å². The average Bonchev–Trinajstić information content (AvgIpc) is 2.07. The van der Waals surface area contributed by atoms with Crippen LogP contribution in [0.3, 0.4) is 0 Å². The molecule has 0 aliphatic rings. The van der Waals surface area contributed by atoms with E-state index in [0.29, 0.717) is 12.1 Å².